The molecule has 0 bridgehead atoms. The van der Waals surface area contributed by atoms with Crippen molar-refractivity contribution in [3.05, 3.63) is 10.1 Å². The third-order valence-corrected chi connectivity index (χ3v) is 2.00. The van der Waals surface area contributed by atoms with Gasteiger partial charge in [-0.25, -0.2) is 4.79 Å². The van der Waals surface area contributed by atoms with Gasteiger partial charge in [0.25, 0.3) is 0 Å². The van der Waals surface area contributed by atoms with Crippen LogP contribution in [0.4, 0.5) is 0 Å². The third kappa shape index (κ3) is 2.67. The van der Waals surface area contributed by atoms with Gasteiger partial charge in [-0.05, 0) is 12.5 Å². The van der Waals surface area contributed by atoms with E-state index in [1.54, 1.807) is 12.5 Å². The largest absolute Gasteiger partial charge is 0.460 e. The Morgan fingerprint density at radius 1 is 1.55 bits per heavy atom. The van der Waals surface area contributed by atoms with E-state index in [9.17, 15) is 14.9 Å². The molecule has 0 rings (SSSR count). The highest BCUT2D eigenvalue weighted by Crippen LogP contribution is 2.04. The van der Waals surface area contributed by atoms with Gasteiger partial charge in [-0.15, -0.1) is 10.5 Å². The highest BCUT2D eigenvalue weighted by molar-refractivity contribution is 8.15. The molecule has 0 aliphatic rings. The number of nitro groups is 1. The zero-order valence-electron chi connectivity index (χ0n) is 6.49. The molecule has 0 radical (unpaired) electrons. The topological polar surface area (TPSA) is 69.4 Å². The molecule has 0 spiro atoms. The van der Waals surface area contributed by atoms with E-state index >= 15 is 0 Å². The lowest BCUT2D eigenvalue weighted by Gasteiger charge is -1.97. The lowest BCUT2D eigenvalue weighted by molar-refractivity contribution is -0.345. The minimum Gasteiger partial charge on any atom is -0.460 e. The Morgan fingerprint density at radius 2 is 2.00 bits per heavy atom. The van der Waals surface area contributed by atoms with E-state index < -0.39 is 21.4 Å². The number of nitrogens with zero attached hydrogens (tertiary/aromatic N) is 1. The van der Waals surface area contributed by atoms with E-state index in [0.29, 0.717) is 0 Å². The second-order valence-electron chi connectivity index (χ2n) is 1.87. The molecule has 64 valence electrons. The van der Waals surface area contributed by atoms with Crippen LogP contribution in [0.25, 0.3) is 0 Å². The fourth-order valence-electron chi connectivity index (χ4n) is 0.478. The van der Waals surface area contributed by atoms with Gasteiger partial charge in [0.1, 0.15) is 0 Å². The van der Waals surface area contributed by atoms with Crippen molar-refractivity contribution in [3.8, 4) is 0 Å². The van der Waals surface area contributed by atoms with Crippen LogP contribution in [0, 0.1) is 10.1 Å². The van der Waals surface area contributed by atoms with Gasteiger partial charge in [0.05, 0.1) is 12.0 Å². The zero-order chi connectivity index (χ0) is 9.02. The first-order chi connectivity index (χ1) is 5.00. The molecule has 0 aliphatic carbocycles. The van der Waals surface area contributed by atoms with E-state index in [1.165, 1.54) is 0 Å². The number of hydrogen-bond donors (Lipinski definition) is 0. The Labute approximate surface area is 66.4 Å². The van der Waals surface area contributed by atoms with Crippen LogP contribution in [0.5, 0.6) is 0 Å². The van der Waals surface area contributed by atoms with Crippen molar-refractivity contribution in [2.75, 3.05) is 19.6 Å². The molecule has 0 saturated heterocycles. The van der Waals surface area contributed by atoms with Gasteiger partial charge in [0.15, 0.2) is 0 Å². The van der Waals surface area contributed by atoms with E-state index in [1.807, 2.05) is 0 Å². The quantitative estimate of drug-likeness (QED) is 0.229. The smallest absolute Gasteiger partial charge is 0.416 e. The second kappa shape index (κ2) is 4.07. The molecular formula is C5H9NO4S. The predicted octanol–water partition coefficient (Wildman–Crippen LogP) is 0.0945. The monoisotopic (exact) mass is 179 g/mol. The Bertz CT molecular complexity index is 219. The maximum absolute atomic E-state index is 10.7. The molecule has 0 atom stereocenters. The summed E-state index contributed by atoms with van der Waals surface area (Å²) in [4.78, 5) is 19.8. The van der Waals surface area contributed by atoms with Crippen molar-refractivity contribution in [1.82, 2.24) is 0 Å². The molecule has 0 amide bonds. The number of rotatable bonds is 0. The standard InChI is InChI=1S/C5H9NO4S/c1-10-5(7)4(6(8)9)11(2)3/h1-3H3. The molecule has 0 aromatic rings. The van der Waals surface area contributed by atoms with Crippen LogP contribution in [0.15, 0.2) is 0 Å². The minimum atomic E-state index is -0.858. The molecule has 0 saturated carbocycles. The van der Waals surface area contributed by atoms with Crippen molar-refractivity contribution in [1.29, 1.82) is 0 Å². The summed E-state index contributed by atoms with van der Waals surface area (Å²) in [7, 11) is 0.453. The lowest BCUT2D eigenvalue weighted by Crippen LogP contribution is -2.24. The summed E-state index contributed by atoms with van der Waals surface area (Å²) in [5.41, 5.74) is 0. The zero-order valence-corrected chi connectivity index (χ0v) is 7.30. The molecule has 11 heavy (non-hydrogen) atoms. The van der Waals surface area contributed by atoms with Crippen LogP contribution in [0.2, 0.25) is 0 Å². The molecule has 0 aromatic heterocycles. The Kier molecular flexibility index (Phi) is 3.73. The van der Waals surface area contributed by atoms with Gasteiger partial charge in [-0.1, -0.05) is 0 Å². The van der Waals surface area contributed by atoms with Crippen molar-refractivity contribution < 1.29 is 14.5 Å². The minimum absolute atomic E-state index is 0.382. The number of carbonyl (C=O) groups is 1. The summed E-state index contributed by atoms with van der Waals surface area (Å²) in [6.07, 6.45) is 3.18. The van der Waals surface area contributed by atoms with Crippen LogP contribution in [-0.4, -0.2) is 35.5 Å². The Morgan fingerprint density at radius 3 is 2.09 bits per heavy atom. The second-order valence-corrected chi connectivity index (χ2v) is 3.89. The molecular weight excluding hydrogens is 170 g/mol. The van der Waals surface area contributed by atoms with E-state index in [-0.39, 0.29) is 4.99 Å². The molecule has 5 nitrogen and oxygen atoms in total. The summed E-state index contributed by atoms with van der Waals surface area (Å²) < 4.78 is 4.22. The average molecular weight is 179 g/mol. The fraction of sp³-hybridized carbons (Fsp3) is 0.600. The number of hydrogen-bond acceptors (Lipinski definition) is 4. The highest BCUT2D eigenvalue weighted by Gasteiger charge is 2.23. The SMILES string of the molecule is COC(=O)C([N+](=O)[O-])=S(C)C. The maximum Gasteiger partial charge on any atom is 0.416 e. The number of methoxy groups -OCH3 is 1. The van der Waals surface area contributed by atoms with Gasteiger partial charge in [0, 0.05) is 0 Å². The van der Waals surface area contributed by atoms with E-state index in [2.05, 4.69) is 4.74 Å². The highest BCUT2D eigenvalue weighted by atomic mass is 32.2. The van der Waals surface area contributed by atoms with Crippen molar-refractivity contribution in [2.24, 2.45) is 0 Å². The first kappa shape index (κ1) is 10.1. The van der Waals surface area contributed by atoms with Crippen LogP contribution in [0.1, 0.15) is 0 Å². The van der Waals surface area contributed by atoms with Gasteiger partial charge >= 0.3 is 11.0 Å². The molecule has 0 heterocycles. The van der Waals surface area contributed by atoms with Gasteiger partial charge in [0.2, 0.25) is 0 Å². The molecule has 0 aromatic carbocycles. The van der Waals surface area contributed by atoms with Crippen molar-refractivity contribution in [2.45, 2.75) is 0 Å². The first-order valence-corrected chi connectivity index (χ1v) is 4.72. The van der Waals surface area contributed by atoms with Gasteiger partial charge < -0.3 is 4.74 Å². The van der Waals surface area contributed by atoms with Crippen LogP contribution in [-0.2, 0) is 9.53 Å². The lowest BCUT2D eigenvalue weighted by atomic mass is 10.7. The van der Waals surface area contributed by atoms with Crippen molar-refractivity contribution >= 4 is 21.4 Å². The summed E-state index contributed by atoms with van der Waals surface area (Å²) in [6.45, 7) is 0. The number of ether oxygens (including phenoxy) is 1. The Hall–Kier alpha value is -0.910. The van der Waals surface area contributed by atoms with Crippen LogP contribution < -0.4 is 0 Å². The molecule has 0 unspecified atom stereocenters. The average Bonchev–Trinajstić information content (AvgIpc) is 1.85. The van der Waals surface area contributed by atoms with Crippen LogP contribution >= 0.6 is 10.5 Å². The molecule has 0 N–H and O–H groups in total. The normalized spacial score (nSPS) is 9.45. The summed E-state index contributed by atoms with van der Waals surface area (Å²) in [5, 5.41) is 10.2. The van der Waals surface area contributed by atoms with Gasteiger partial charge in [-0.3, -0.25) is 10.1 Å². The van der Waals surface area contributed by atoms with E-state index in [0.717, 1.165) is 7.11 Å². The van der Waals surface area contributed by atoms with Gasteiger partial charge in [-0.2, -0.15) is 0 Å². The fourth-order valence-corrected chi connectivity index (χ4v) is 1.19. The summed E-state index contributed by atoms with van der Waals surface area (Å²) >= 11 is 0. The third-order valence-electron chi connectivity index (χ3n) is 0.913. The summed E-state index contributed by atoms with van der Waals surface area (Å²) in [5.74, 6) is -0.858. The molecule has 0 fully saturated rings. The first-order valence-electron chi connectivity index (χ1n) is 2.68. The maximum atomic E-state index is 10.7. The Balaban J connectivity index is 4.79. The summed E-state index contributed by atoms with van der Waals surface area (Å²) in [6, 6.07) is 0. The molecule has 6 heteroatoms. The van der Waals surface area contributed by atoms with E-state index in [4.69, 9.17) is 0 Å². The predicted molar refractivity (Wildman–Crippen MR) is 43.5 cm³/mol. The van der Waals surface area contributed by atoms with Crippen molar-refractivity contribution in [3.63, 3.8) is 0 Å². The van der Waals surface area contributed by atoms with Crippen LogP contribution in [0.3, 0.4) is 0 Å². The molecule has 0 aliphatic heterocycles. The number of esters is 1. The number of carbonyl (C=O) groups excluding carboxylic acids is 1.